The second-order valence-electron chi connectivity index (χ2n) is 4.49. The molecule has 0 aliphatic carbocycles. The van der Waals surface area contributed by atoms with E-state index in [2.05, 4.69) is 5.32 Å². The average molecular weight is 279 g/mol. The van der Waals surface area contributed by atoms with Gasteiger partial charge in [-0.3, -0.25) is 9.59 Å². The molecule has 0 radical (unpaired) electrons. The van der Waals surface area contributed by atoms with E-state index in [1.165, 1.54) is 6.92 Å². The van der Waals surface area contributed by atoms with E-state index < -0.39 is 17.4 Å². The smallest absolute Gasteiger partial charge is 0.325 e. The summed E-state index contributed by atoms with van der Waals surface area (Å²) in [6.45, 7) is 5.49. The molecule has 0 aromatic heterocycles. The van der Waals surface area contributed by atoms with Crippen LogP contribution in [0.1, 0.15) is 20.8 Å². The van der Waals surface area contributed by atoms with Crippen LogP contribution in [0.25, 0.3) is 0 Å². The van der Waals surface area contributed by atoms with Crippen LogP contribution in [-0.4, -0.2) is 31.7 Å². The number of hydrogen-bond acceptors (Lipinski definition) is 5. The molecule has 0 atom stereocenters. The lowest BCUT2D eigenvalue weighted by Gasteiger charge is -2.25. The standard InChI is InChI=1S/C15H21NO4/c1-4-19-13(17)15(3,14(18)20-5-2)11-16-12-9-7-6-8-10-12/h6-10,16H,4-5,11H2,1-3H3. The molecule has 0 bridgehead atoms. The number of carbonyl (C=O) groups is 2. The van der Waals surface area contributed by atoms with Crippen LogP contribution in [-0.2, 0) is 19.1 Å². The van der Waals surface area contributed by atoms with E-state index in [0.29, 0.717) is 0 Å². The Labute approximate surface area is 119 Å². The molecule has 110 valence electrons. The molecule has 0 amide bonds. The second kappa shape index (κ2) is 7.53. The van der Waals surface area contributed by atoms with Crippen LogP contribution in [0.5, 0.6) is 0 Å². The first-order valence-electron chi connectivity index (χ1n) is 6.68. The van der Waals surface area contributed by atoms with Crippen LogP contribution < -0.4 is 5.32 Å². The monoisotopic (exact) mass is 279 g/mol. The van der Waals surface area contributed by atoms with Crippen LogP contribution in [0.4, 0.5) is 5.69 Å². The van der Waals surface area contributed by atoms with Gasteiger partial charge in [-0.1, -0.05) is 18.2 Å². The second-order valence-corrected chi connectivity index (χ2v) is 4.49. The van der Waals surface area contributed by atoms with Gasteiger partial charge in [-0.15, -0.1) is 0 Å². The Balaban J connectivity index is 2.82. The SMILES string of the molecule is CCOC(=O)C(C)(CNc1ccccc1)C(=O)OCC. The van der Waals surface area contributed by atoms with Crippen molar-refractivity contribution in [3.63, 3.8) is 0 Å². The number of para-hydroxylation sites is 1. The topological polar surface area (TPSA) is 64.6 Å². The summed E-state index contributed by atoms with van der Waals surface area (Å²) in [5.41, 5.74) is -0.533. The van der Waals surface area contributed by atoms with Gasteiger partial charge in [0.1, 0.15) is 0 Å². The molecule has 20 heavy (non-hydrogen) atoms. The van der Waals surface area contributed by atoms with Gasteiger partial charge < -0.3 is 14.8 Å². The molecule has 0 heterocycles. The fourth-order valence-corrected chi connectivity index (χ4v) is 1.64. The quantitative estimate of drug-likeness (QED) is 0.612. The molecule has 5 nitrogen and oxygen atoms in total. The Morgan fingerprint density at radius 2 is 1.55 bits per heavy atom. The predicted molar refractivity (Wildman–Crippen MR) is 76.3 cm³/mol. The summed E-state index contributed by atoms with van der Waals surface area (Å²) >= 11 is 0. The maximum Gasteiger partial charge on any atom is 0.325 e. The molecule has 1 aromatic rings. The molecule has 1 rings (SSSR count). The number of anilines is 1. The van der Waals surface area contributed by atoms with Crippen molar-refractivity contribution >= 4 is 17.6 Å². The molecule has 0 fully saturated rings. The molecule has 5 heteroatoms. The van der Waals surface area contributed by atoms with E-state index in [-0.39, 0.29) is 19.8 Å². The van der Waals surface area contributed by atoms with Gasteiger partial charge in [0.05, 0.1) is 13.2 Å². The molecule has 1 aromatic carbocycles. The maximum atomic E-state index is 12.0. The Morgan fingerprint density at radius 3 is 2.00 bits per heavy atom. The van der Waals surface area contributed by atoms with E-state index in [0.717, 1.165) is 5.69 Å². The lowest BCUT2D eigenvalue weighted by Crippen LogP contribution is -2.44. The third-order valence-electron chi connectivity index (χ3n) is 2.87. The van der Waals surface area contributed by atoms with Crippen molar-refractivity contribution in [2.75, 3.05) is 25.1 Å². The summed E-state index contributed by atoms with van der Waals surface area (Å²) in [5, 5.41) is 3.06. The Hall–Kier alpha value is -2.04. The summed E-state index contributed by atoms with van der Waals surface area (Å²) in [7, 11) is 0. The highest BCUT2D eigenvalue weighted by Gasteiger charge is 2.44. The van der Waals surface area contributed by atoms with Gasteiger partial charge >= 0.3 is 11.9 Å². The van der Waals surface area contributed by atoms with E-state index in [9.17, 15) is 9.59 Å². The Bertz CT molecular complexity index is 426. The van der Waals surface area contributed by atoms with Crippen molar-refractivity contribution in [2.45, 2.75) is 20.8 Å². The number of carbonyl (C=O) groups excluding carboxylic acids is 2. The lowest BCUT2D eigenvalue weighted by molar-refractivity contribution is -0.169. The molecule has 0 aliphatic heterocycles. The van der Waals surface area contributed by atoms with Crippen molar-refractivity contribution in [3.8, 4) is 0 Å². The summed E-state index contributed by atoms with van der Waals surface area (Å²) in [5.74, 6) is -1.16. The zero-order valence-corrected chi connectivity index (χ0v) is 12.1. The third-order valence-corrected chi connectivity index (χ3v) is 2.87. The van der Waals surface area contributed by atoms with Crippen molar-refractivity contribution in [3.05, 3.63) is 30.3 Å². The van der Waals surface area contributed by atoms with Gasteiger partial charge in [0.25, 0.3) is 0 Å². The van der Waals surface area contributed by atoms with Crippen molar-refractivity contribution in [2.24, 2.45) is 5.41 Å². The summed E-state index contributed by atoms with van der Waals surface area (Å²) in [6.07, 6.45) is 0. The maximum absolute atomic E-state index is 12.0. The molecule has 0 saturated carbocycles. The van der Waals surface area contributed by atoms with Crippen molar-refractivity contribution < 1.29 is 19.1 Å². The highest BCUT2D eigenvalue weighted by atomic mass is 16.6. The third kappa shape index (κ3) is 3.98. The number of hydrogen-bond donors (Lipinski definition) is 1. The van der Waals surface area contributed by atoms with Gasteiger partial charge in [0, 0.05) is 12.2 Å². The first-order chi connectivity index (χ1) is 9.54. The number of ether oxygens (including phenoxy) is 2. The van der Waals surface area contributed by atoms with E-state index in [4.69, 9.17) is 9.47 Å². The predicted octanol–water partition coefficient (Wildman–Crippen LogP) is 2.23. The van der Waals surface area contributed by atoms with Gasteiger partial charge in [0.15, 0.2) is 5.41 Å². The molecule has 0 spiro atoms. The van der Waals surface area contributed by atoms with E-state index >= 15 is 0 Å². The van der Waals surface area contributed by atoms with Gasteiger partial charge in [-0.05, 0) is 32.9 Å². The number of nitrogens with one attached hydrogen (secondary N) is 1. The van der Waals surface area contributed by atoms with Crippen LogP contribution in [0.3, 0.4) is 0 Å². The molecule has 1 N–H and O–H groups in total. The van der Waals surface area contributed by atoms with Crippen molar-refractivity contribution in [1.29, 1.82) is 0 Å². The summed E-state index contributed by atoms with van der Waals surface area (Å²) < 4.78 is 9.97. The summed E-state index contributed by atoms with van der Waals surface area (Å²) in [4.78, 5) is 24.1. The summed E-state index contributed by atoms with van der Waals surface area (Å²) in [6, 6.07) is 9.34. The fourth-order valence-electron chi connectivity index (χ4n) is 1.64. The Morgan fingerprint density at radius 1 is 1.05 bits per heavy atom. The van der Waals surface area contributed by atoms with Crippen LogP contribution in [0.15, 0.2) is 30.3 Å². The van der Waals surface area contributed by atoms with Gasteiger partial charge in [-0.2, -0.15) is 0 Å². The number of benzene rings is 1. The van der Waals surface area contributed by atoms with E-state index in [1.807, 2.05) is 30.3 Å². The minimum Gasteiger partial charge on any atom is -0.465 e. The van der Waals surface area contributed by atoms with E-state index in [1.54, 1.807) is 13.8 Å². The number of esters is 2. The molecule has 0 aliphatic rings. The molecular formula is C15H21NO4. The minimum atomic E-state index is -1.36. The fraction of sp³-hybridized carbons (Fsp3) is 0.467. The lowest BCUT2D eigenvalue weighted by atomic mass is 9.90. The molecule has 0 unspecified atom stereocenters. The molecular weight excluding hydrogens is 258 g/mol. The van der Waals surface area contributed by atoms with Crippen LogP contribution in [0.2, 0.25) is 0 Å². The highest BCUT2D eigenvalue weighted by molar-refractivity contribution is 6.00. The first-order valence-corrected chi connectivity index (χ1v) is 6.68. The van der Waals surface area contributed by atoms with Gasteiger partial charge in [0.2, 0.25) is 0 Å². The zero-order chi connectivity index (χ0) is 15.0. The van der Waals surface area contributed by atoms with Crippen molar-refractivity contribution in [1.82, 2.24) is 0 Å². The normalized spacial score (nSPS) is 10.8. The van der Waals surface area contributed by atoms with Gasteiger partial charge in [-0.25, -0.2) is 0 Å². The van der Waals surface area contributed by atoms with Crippen LogP contribution in [0, 0.1) is 5.41 Å². The highest BCUT2D eigenvalue weighted by Crippen LogP contribution is 2.22. The Kier molecular flexibility index (Phi) is 6.03. The number of rotatable bonds is 7. The van der Waals surface area contributed by atoms with Crippen LogP contribution >= 0.6 is 0 Å². The minimum absolute atomic E-state index is 0.120. The average Bonchev–Trinajstić information content (AvgIpc) is 2.46. The zero-order valence-electron chi connectivity index (χ0n) is 12.1. The first kappa shape index (κ1) is 16.0. The largest absolute Gasteiger partial charge is 0.465 e. The molecule has 0 saturated heterocycles.